The summed E-state index contributed by atoms with van der Waals surface area (Å²) in [6.07, 6.45) is 3.52. The molecule has 2 heterocycles. The molecule has 3 aromatic rings. The van der Waals surface area contributed by atoms with Gasteiger partial charge in [0.2, 0.25) is 0 Å². The molecule has 0 bridgehead atoms. The van der Waals surface area contributed by atoms with Crippen LogP contribution in [0.4, 0.5) is 22.1 Å². The van der Waals surface area contributed by atoms with Crippen LogP contribution in [0.3, 0.4) is 0 Å². The molecule has 6 nitrogen and oxygen atoms in total. The predicted octanol–water partition coefficient (Wildman–Crippen LogP) is 3.82. The summed E-state index contributed by atoms with van der Waals surface area (Å²) in [5.41, 5.74) is 2.06. The maximum Gasteiger partial charge on any atom is 0.320 e. The molecule has 0 radical (unpaired) electrons. The van der Waals surface area contributed by atoms with Gasteiger partial charge < -0.3 is 10.6 Å². The highest BCUT2D eigenvalue weighted by Gasteiger charge is 2.06. The molecular weight excluding hydrogens is 302 g/mol. The third-order valence-electron chi connectivity index (χ3n) is 3.52. The Balaban J connectivity index is 1.89. The summed E-state index contributed by atoms with van der Waals surface area (Å²) < 4.78 is 0. The minimum atomic E-state index is -0.261. The van der Waals surface area contributed by atoms with Gasteiger partial charge in [0.15, 0.2) is 0 Å². The summed E-state index contributed by atoms with van der Waals surface area (Å²) in [5, 5.41) is 10.7. The molecule has 0 unspecified atom stereocenters. The lowest BCUT2D eigenvalue weighted by atomic mass is 10.1. The summed E-state index contributed by atoms with van der Waals surface area (Å²) in [6.45, 7) is 4.46. The van der Waals surface area contributed by atoms with Gasteiger partial charge in [0.25, 0.3) is 0 Å². The molecule has 24 heavy (non-hydrogen) atoms. The molecule has 6 heteroatoms. The number of aromatic nitrogens is 2. The zero-order valence-electron chi connectivity index (χ0n) is 13.6. The second-order valence-electron chi connectivity index (χ2n) is 5.42. The zero-order valence-corrected chi connectivity index (χ0v) is 13.6. The number of amides is 2. The second kappa shape index (κ2) is 6.95. The van der Waals surface area contributed by atoms with E-state index in [2.05, 4.69) is 25.9 Å². The van der Waals surface area contributed by atoms with Crippen LogP contribution in [0.1, 0.15) is 12.5 Å². The topological polar surface area (TPSA) is 78.9 Å². The number of urea groups is 1. The van der Waals surface area contributed by atoms with E-state index in [1.54, 1.807) is 12.4 Å². The maximum atomic E-state index is 11.6. The number of nitrogens with zero attached hydrogens (tertiary/aromatic N) is 2. The van der Waals surface area contributed by atoms with Crippen LogP contribution in [0, 0.1) is 6.92 Å². The molecule has 0 aliphatic heterocycles. The van der Waals surface area contributed by atoms with E-state index in [0.717, 1.165) is 27.8 Å². The standard InChI is InChI=1S/C18H19N5O/c1-3-19-18(24)23-17-10-13-5-4-6-15(14(13)11-21-17)22-16-9-12(2)7-8-20-16/h4-11H,3H2,1-2H3,(H,20,22)(H2,19,21,23,24). The summed E-state index contributed by atoms with van der Waals surface area (Å²) in [5.74, 6) is 1.30. The van der Waals surface area contributed by atoms with Gasteiger partial charge in [0, 0.05) is 30.0 Å². The van der Waals surface area contributed by atoms with Crippen LogP contribution >= 0.6 is 0 Å². The van der Waals surface area contributed by atoms with Crippen molar-refractivity contribution in [1.29, 1.82) is 0 Å². The fraction of sp³-hybridized carbons (Fsp3) is 0.167. The fourth-order valence-corrected chi connectivity index (χ4v) is 2.41. The normalized spacial score (nSPS) is 10.4. The fourth-order valence-electron chi connectivity index (χ4n) is 2.41. The van der Waals surface area contributed by atoms with Crippen molar-refractivity contribution in [3.8, 4) is 0 Å². The highest BCUT2D eigenvalue weighted by molar-refractivity contribution is 5.97. The van der Waals surface area contributed by atoms with Crippen molar-refractivity contribution in [2.75, 3.05) is 17.2 Å². The van der Waals surface area contributed by atoms with Crippen LogP contribution in [0.25, 0.3) is 10.8 Å². The maximum absolute atomic E-state index is 11.6. The van der Waals surface area contributed by atoms with E-state index in [0.29, 0.717) is 12.4 Å². The van der Waals surface area contributed by atoms with E-state index < -0.39 is 0 Å². The highest BCUT2D eigenvalue weighted by atomic mass is 16.2. The van der Waals surface area contributed by atoms with Crippen LogP contribution in [0.2, 0.25) is 0 Å². The first-order valence-corrected chi connectivity index (χ1v) is 7.79. The van der Waals surface area contributed by atoms with Gasteiger partial charge in [0.1, 0.15) is 11.6 Å². The van der Waals surface area contributed by atoms with Gasteiger partial charge in [0.05, 0.1) is 0 Å². The molecule has 0 atom stereocenters. The average molecular weight is 321 g/mol. The van der Waals surface area contributed by atoms with E-state index in [1.807, 2.05) is 50.2 Å². The minimum Gasteiger partial charge on any atom is -0.340 e. The Kier molecular flexibility index (Phi) is 4.56. The number of fused-ring (bicyclic) bond motifs is 1. The number of hydrogen-bond donors (Lipinski definition) is 3. The zero-order chi connectivity index (χ0) is 16.9. The molecular formula is C18H19N5O. The van der Waals surface area contributed by atoms with Crippen molar-refractivity contribution >= 4 is 34.1 Å². The van der Waals surface area contributed by atoms with Crippen LogP contribution in [0.15, 0.2) is 48.8 Å². The molecule has 0 spiro atoms. The number of hydrogen-bond acceptors (Lipinski definition) is 4. The Morgan fingerprint density at radius 1 is 1.12 bits per heavy atom. The number of rotatable bonds is 4. The molecule has 2 amide bonds. The van der Waals surface area contributed by atoms with E-state index in [4.69, 9.17) is 0 Å². The number of carbonyl (C=O) groups excluding carboxylic acids is 1. The van der Waals surface area contributed by atoms with Crippen molar-refractivity contribution in [2.24, 2.45) is 0 Å². The molecule has 2 aromatic heterocycles. The van der Waals surface area contributed by atoms with Gasteiger partial charge >= 0.3 is 6.03 Å². The number of anilines is 3. The Morgan fingerprint density at radius 3 is 2.79 bits per heavy atom. The lowest BCUT2D eigenvalue weighted by molar-refractivity contribution is 0.252. The van der Waals surface area contributed by atoms with E-state index in [9.17, 15) is 4.79 Å². The SMILES string of the molecule is CCNC(=O)Nc1cc2cccc(Nc3cc(C)ccn3)c2cn1. The molecule has 0 fully saturated rings. The third kappa shape index (κ3) is 3.60. The van der Waals surface area contributed by atoms with Gasteiger partial charge in [-0.1, -0.05) is 12.1 Å². The summed E-state index contributed by atoms with van der Waals surface area (Å²) in [4.78, 5) is 20.2. The highest BCUT2D eigenvalue weighted by Crippen LogP contribution is 2.26. The lowest BCUT2D eigenvalue weighted by Crippen LogP contribution is -2.28. The number of aryl methyl sites for hydroxylation is 1. The van der Waals surface area contributed by atoms with Crippen molar-refractivity contribution in [2.45, 2.75) is 13.8 Å². The molecule has 3 N–H and O–H groups in total. The monoisotopic (exact) mass is 321 g/mol. The van der Waals surface area contributed by atoms with Crippen LogP contribution in [-0.2, 0) is 0 Å². The van der Waals surface area contributed by atoms with Gasteiger partial charge in [-0.25, -0.2) is 14.8 Å². The Hall–Kier alpha value is -3.15. The van der Waals surface area contributed by atoms with Crippen molar-refractivity contribution < 1.29 is 4.79 Å². The first kappa shape index (κ1) is 15.7. The first-order chi connectivity index (χ1) is 11.7. The van der Waals surface area contributed by atoms with Crippen LogP contribution in [-0.4, -0.2) is 22.5 Å². The number of carbonyl (C=O) groups is 1. The van der Waals surface area contributed by atoms with E-state index in [-0.39, 0.29) is 6.03 Å². The summed E-state index contributed by atoms with van der Waals surface area (Å²) in [6, 6.07) is 11.4. The Morgan fingerprint density at radius 2 is 2.00 bits per heavy atom. The predicted molar refractivity (Wildman–Crippen MR) is 96.7 cm³/mol. The van der Waals surface area contributed by atoms with Gasteiger partial charge in [-0.05, 0) is 49.1 Å². The van der Waals surface area contributed by atoms with Gasteiger partial charge in [-0.2, -0.15) is 0 Å². The van der Waals surface area contributed by atoms with Gasteiger partial charge in [-0.3, -0.25) is 5.32 Å². The molecule has 0 aliphatic rings. The lowest BCUT2D eigenvalue weighted by Gasteiger charge is -2.11. The largest absolute Gasteiger partial charge is 0.340 e. The van der Waals surface area contributed by atoms with Crippen LogP contribution in [0.5, 0.6) is 0 Å². The minimum absolute atomic E-state index is 0.261. The third-order valence-corrected chi connectivity index (χ3v) is 3.52. The van der Waals surface area contributed by atoms with Gasteiger partial charge in [-0.15, -0.1) is 0 Å². The van der Waals surface area contributed by atoms with Crippen molar-refractivity contribution in [3.63, 3.8) is 0 Å². The number of nitrogens with one attached hydrogen (secondary N) is 3. The Labute approximate surface area is 140 Å². The first-order valence-electron chi connectivity index (χ1n) is 7.79. The van der Waals surface area contributed by atoms with Crippen molar-refractivity contribution in [3.05, 3.63) is 54.4 Å². The van der Waals surface area contributed by atoms with E-state index in [1.165, 1.54) is 0 Å². The summed E-state index contributed by atoms with van der Waals surface area (Å²) in [7, 11) is 0. The molecule has 0 aliphatic carbocycles. The quantitative estimate of drug-likeness (QED) is 0.682. The van der Waals surface area contributed by atoms with E-state index >= 15 is 0 Å². The second-order valence-corrected chi connectivity index (χ2v) is 5.42. The molecule has 122 valence electrons. The molecule has 0 saturated heterocycles. The molecule has 1 aromatic carbocycles. The van der Waals surface area contributed by atoms with Crippen molar-refractivity contribution in [1.82, 2.24) is 15.3 Å². The average Bonchev–Trinajstić information content (AvgIpc) is 2.55. The molecule has 0 saturated carbocycles. The smallest absolute Gasteiger partial charge is 0.320 e. The number of benzene rings is 1. The number of pyridine rings is 2. The van der Waals surface area contributed by atoms with Crippen LogP contribution < -0.4 is 16.0 Å². The molecule has 3 rings (SSSR count). The Bertz CT molecular complexity index is 878. The summed E-state index contributed by atoms with van der Waals surface area (Å²) >= 11 is 0.